The van der Waals surface area contributed by atoms with Crippen LogP contribution in [0.1, 0.15) is 44.0 Å². The van der Waals surface area contributed by atoms with Crippen LogP contribution in [0.25, 0.3) is 5.69 Å². The number of hydrazone groups is 1. The molecule has 1 heterocycles. The minimum atomic E-state index is -4.08. The third-order valence-corrected chi connectivity index (χ3v) is 9.31. The predicted molar refractivity (Wildman–Crippen MR) is 179 cm³/mol. The number of benzene rings is 4. The van der Waals surface area contributed by atoms with Gasteiger partial charge in [-0.25, -0.2) is 13.8 Å². The zero-order chi connectivity index (χ0) is 32.1. The van der Waals surface area contributed by atoms with Gasteiger partial charge < -0.3 is 9.30 Å². The molecule has 45 heavy (non-hydrogen) atoms. The monoisotopic (exact) mass is 620 g/mol. The molecule has 0 atom stereocenters. The van der Waals surface area contributed by atoms with E-state index in [9.17, 15) is 13.2 Å². The number of methoxy groups -OCH3 is 1. The van der Waals surface area contributed by atoms with Crippen molar-refractivity contribution in [2.24, 2.45) is 5.10 Å². The second-order valence-corrected chi connectivity index (χ2v) is 12.8. The van der Waals surface area contributed by atoms with Crippen LogP contribution < -0.4 is 14.5 Å². The van der Waals surface area contributed by atoms with Gasteiger partial charge in [-0.1, -0.05) is 48.5 Å². The topological polar surface area (TPSA) is 93.0 Å². The van der Waals surface area contributed by atoms with Gasteiger partial charge in [0.1, 0.15) is 5.75 Å². The first kappa shape index (κ1) is 31.3. The Morgan fingerprint density at radius 3 is 2.18 bits per heavy atom. The lowest BCUT2D eigenvalue weighted by atomic mass is 10.1. The second-order valence-electron chi connectivity index (χ2n) is 10.9. The SMILES string of the molecule is COc1ccc(S(=O)(=O)N(Cc2ccccc2)c2ccccc2C(=O)N/N=C/c2cc(C)n(-c3cc(C)cc(C)c3)c2C)cc1. The van der Waals surface area contributed by atoms with Crippen LogP contribution in [0.15, 0.2) is 113 Å². The Morgan fingerprint density at radius 1 is 0.867 bits per heavy atom. The lowest BCUT2D eigenvalue weighted by Crippen LogP contribution is -2.33. The van der Waals surface area contributed by atoms with E-state index in [0.29, 0.717) is 5.75 Å². The molecule has 8 nitrogen and oxygen atoms in total. The molecule has 0 aliphatic heterocycles. The molecule has 9 heteroatoms. The van der Waals surface area contributed by atoms with Crippen LogP contribution in [0.5, 0.6) is 5.75 Å². The number of aryl methyl sites for hydroxylation is 3. The molecule has 1 aromatic heterocycles. The van der Waals surface area contributed by atoms with Crippen LogP contribution in [-0.4, -0.2) is 32.2 Å². The van der Waals surface area contributed by atoms with Gasteiger partial charge in [0.05, 0.1) is 36.0 Å². The van der Waals surface area contributed by atoms with Gasteiger partial charge in [-0.05, 0) is 99.0 Å². The molecule has 1 amide bonds. The largest absolute Gasteiger partial charge is 0.497 e. The van der Waals surface area contributed by atoms with E-state index in [4.69, 9.17) is 4.74 Å². The molecule has 5 rings (SSSR count). The standard InChI is InChI=1S/C36H36N4O4S/c1-25-19-26(2)21-31(20-25)40-27(3)22-30(28(40)4)23-37-38-36(41)34-13-9-10-14-35(34)39(24-29-11-7-6-8-12-29)45(42,43)33-17-15-32(44-5)16-18-33/h6-23H,24H2,1-5H3,(H,38,41)/b37-23+. The number of ether oxygens (including phenoxy) is 1. The highest BCUT2D eigenvalue weighted by Crippen LogP contribution is 2.30. The number of para-hydroxylation sites is 1. The number of hydrogen-bond donors (Lipinski definition) is 1. The van der Waals surface area contributed by atoms with Crippen LogP contribution in [0.3, 0.4) is 0 Å². The molecule has 1 N–H and O–H groups in total. The molecular formula is C36H36N4O4S. The van der Waals surface area contributed by atoms with Gasteiger partial charge in [-0.15, -0.1) is 0 Å². The molecule has 0 spiro atoms. The highest BCUT2D eigenvalue weighted by atomic mass is 32.2. The van der Waals surface area contributed by atoms with Gasteiger partial charge in [0.15, 0.2) is 0 Å². The number of amides is 1. The van der Waals surface area contributed by atoms with Crippen LogP contribution >= 0.6 is 0 Å². The molecule has 0 radical (unpaired) electrons. The zero-order valence-corrected chi connectivity index (χ0v) is 26.8. The van der Waals surface area contributed by atoms with Crippen LogP contribution in [0, 0.1) is 27.7 Å². The third-order valence-electron chi connectivity index (χ3n) is 7.54. The summed E-state index contributed by atoms with van der Waals surface area (Å²) in [6.07, 6.45) is 1.61. The Morgan fingerprint density at radius 2 is 1.51 bits per heavy atom. The summed E-state index contributed by atoms with van der Waals surface area (Å²) in [7, 11) is -2.56. The van der Waals surface area contributed by atoms with Crippen molar-refractivity contribution >= 4 is 27.8 Å². The third kappa shape index (κ3) is 6.84. The number of anilines is 1. The fraction of sp³-hybridized carbons (Fsp3) is 0.167. The van der Waals surface area contributed by atoms with Gasteiger partial charge in [-0.2, -0.15) is 5.10 Å². The van der Waals surface area contributed by atoms with Gasteiger partial charge in [-0.3, -0.25) is 9.10 Å². The van der Waals surface area contributed by atoms with Gasteiger partial charge in [0.25, 0.3) is 15.9 Å². The van der Waals surface area contributed by atoms with Crippen molar-refractivity contribution in [3.8, 4) is 11.4 Å². The number of hydrogen-bond acceptors (Lipinski definition) is 5. The summed E-state index contributed by atoms with van der Waals surface area (Å²) in [6.45, 7) is 8.20. The average Bonchev–Trinajstić information content (AvgIpc) is 3.31. The second kappa shape index (κ2) is 13.2. The highest BCUT2D eigenvalue weighted by molar-refractivity contribution is 7.92. The van der Waals surface area contributed by atoms with Crippen molar-refractivity contribution in [3.63, 3.8) is 0 Å². The van der Waals surface area contributed by atoms with Gasteiger partial charge in [0.2, 0.25) is 0 Å². The molecule has 230 valence electrons. The number of nitrogens with one attached hydrogen (secondary N) is 1. The van der Waals surface area contributed by atoms with Crippen LogP contribution in [-0.2, 0) is 16.6 Å². The van der Waals surface area contributed by atoms with Gasteiger partial charge in [0, 0.05) is 22.6 Å². The highest BCUT2D eigenvalue weighted by Gasteiger charge is 2.28. The molecule has 0 aliphatic carbocycles. The van der Waals surface area contributed by atoms with Crippen molar-refractivity contribution < 1.29 is 17.9 Å². The number of aromatic nitrogens is 1. The summed E-state index contributed by atoms with van der Waals surface area (Å²) < 4.78 is 36.7. The molecule has 0 fully saturated rings. The molecule has 0 saturated carbocycles. The normalized spacial score (nSPS) is 11.5. The molecule has 0 aliphatic rings. The molecule has 5 aromatic rings. The number of carbonyl (C=O) groups excluding carboxylic acids is 1. The predicted octanol–water partition coefficient (Wildman–Crippen LogP) is 6.88. The Hall–Kier alpha value is -5.15. The molecule has 0 saturated heterocycles. The summed E-state index contributed by atoms with van der Waals surface area (Å²) in [5.74, 6) is 0.00364. The molecule has 0 bridgehead atoms. The quantitative estimate of drug-likeness (QED) is 0.136. The Kier molecular flexibility index (Phi) is 9.20. The van der Waals surface area contributed by atoms with Crippen molar-refractivity contribution in [2.75, 3.05) is 11.4 Å². The van der Waals surface area contributed by atoms with E-state index in [-0.39, 0.29) is 22.7 Å². The van der Waals surface area contributed by atoms with E-state index in [1.54, 1.807) is 42.6 Å². The van der Waals surface area contributed by atoms with Crippen LogP contribution in [0.4, 0.5) is 5.69 Å². The zero-order valence-electron chi connectivity index (χ0n) is 26.0. The fourth-order valence-corrected chi connectivity index (χ4v) is 6.89. The summed E-state index contributed by atoms with van der Waals surface area (Å²) in [6, 6.07) is 30.5. The minimum absolute atomic E-state index is 0.0210. The Balaban J connectivity index is 1.46. The minimum Gasteiger partial charge on any atom is -0.497 e. The number of sulfonamides is 1. The Bertz CT molecular complexity index is 1940. The summed E-state index contributed by atoms with van der Waals surface area (Å²) in [5.41, 5.74) is 10.1. The van der Waals surface area contributed by atoms with E-state index in [0.717, 1.165) is 28.2 Å². The first-order valence-corrected chi connectivity index (χ1v) is 15.9. The van der Waals surface area contributed by atoms with Crippen LogP contribution in [0.2, 0.25) is 0 Å². The smallest absolute Gasteiger partial charge is 0.273 e. The lowest BCUT2D eigenvalue weighted by Gasteiger charge is -2.26. The summed E-state index contributed by atoms with van der Waals surface area (Å²) in [4.78, 5) is 13.6. The Labute approximate surface area is 264 Å². The molecule has 4 aromatic carbocycles. The van der Waals surface area contributed by atoms with Crippen molar-refractivity contribution in [3.05, 3.63) is 142 Å². The van der Waals surface area contributed by atoms with E-state index in [2.05, 4.69) is 47.1 Å². The van der Waals surface area contributed by atoms with Crippen molar-refractivity contribution in [2.45, 2.75) is 39.1 Å². The van der Waals surface area contributed by atoms with Gasteiger partial charge >= 0.3 is 0 Å². The summed E-state index contributed by atoms with van der Waals surface area (Å²) in [5, 5.41) is 4.27. The first-order chi connectivity index (χ1) is 21.6. The molecule has 0 unspecified atom stereocenters. The van der Waals surface area contributed by atoms with E-state index in [1.807, 2.05) is 50.2 Å². The number of carbonyl (C=O) groups is 1. The summed E-state index contributed by atoms with van der Waals surface area (Å²) >= 11 is 0. The maximum absolute atomic E-state index is 14.1. The van der Waals surface area contributed by atoms with Crippen molar-refractivity contribution in [1.82, 2.24) is 9.99 Å². The van der Waals surface area contributed by atoms with E-state index < -0.39 is 15.9 Å². The number of rotatable bonds is 10. The fourth-order valence-electron chi connectivity index (χ4n) is 5.42. The van der Waals surface area contributed by atoms with E-state index >= 15 is 0 Å². The maximum Gasteiger partial charge on any atom is 0.273 e. The maximum atomic E-state index is 14.1. The average molecular weight is 621 g/mol. The molecular weight excluding hydrogens is 584 g/mol. The number of nitrogens with zero attached hydrogens (tertiary/aromatic N) is 3. The van der Waals surface area contributed by atoms with E-state index in [1.165, 1.54) is 34.7 Å². The first-order valence-electron chi connectivity index (χ1n) is 14.5. The van der Waals surface area contributed by atoms with Crippen molar-refractivity contribution in [1.29, 1.82) is 0 Å². The lowest BCUT2D eigenvalue weighted by molar-refractivity contribution is 0.0955.